The lowest BCUT2D eigenvalue weighted by Gasteiger charge is -1.88. The molecule has 0 aliphatic carbocycles. The minimum absolute atomic E-state index is 0. The Morgan fingerprint density at radius 3 is 1.83 bits per heavy atom. The fourth-order valence-electron chi connectivity index (χ4n) is 0.581. The third kappa shape index (κ3) is 4.68. The third-order valence-corrected chi connectivity index (χ3v) is 1.02. The Morgan fingerprint density at radius 2 is 1.58 bits per heavy atom. The van der Waals surface area contributed by atoms with Crippen LogP contribution in [-0.2, 0) is 0 Å². The van der Waals surface area contributed by atoms with Crippen LogP contribution in [0, 0.1) is 0 Å². The first kappa shape index (κ1) is 13.5. The summed E-state index contributed by atoms with van der Waals surface area (Å²) in [4.78, 5) is 10.2. The quantitative estimate of drug-likeness (QED) is 0.448. The molecule has 4 nitrogen and oxygen atoms in total. The summed E-state index contributed by atoms with van der Waals surface area (Å²) < 4.78 is 0. The number of halogens is 1. The summed E-state index contributed by atoms with van der Waals surface area (Å²) in [6.07, 6.45) is 0. The monoisotopic (exact) mass is 190 g/mol. The van der Waals surface area contributed by atoms with Crippen molar-refractivity contribution in [2.45, 2.75) is 0 Å². The third-order valence-electron chi connectivity index (χ3n) is 1.02. The summed E-state index contributed by atoms with van der Waals surface area (Å²) >= 11 is 0. The molecule has 1 aromatic rings. The summed E-state index contributed by atoms with van der Waals surface area (Å²) in [5.74, 6) is 7.12. The number of rotatable bonds is 1. The van der Waals surface area contributed by atoms with Crippen LogP contribution < -0.4 is 11.7 Å². The fourth-order valence-corrected chi connectivity index (χ4v) is 0.581. The predicted octanol–water partition coefficient (Wildman–Crippen LogP) is 0.625. The molecule has 68 valence electrons. The number of hydrogen-bond donors (Lipinski definition) is 3. The van der Waals surface area contributed by atoms with Gasteiger partial charge in [-0.25, -0.2) is 4.79 Å². The van der Waals surface area contributed by atoms with Crippen molar-refractivity contribution in [3.05, 3.63) is 35.9 Å². The van der Waals surface area contributed by atoms with E-state index >= 15 is 0 Å². The van der Waals surface area contributed by atoms with Crippen molar-refractivity contribution in [1.29, 1.82) is 0 Å². The molecule has 0 aliphatic rings. The van der Waals surface area contributed by atoms with Gasteiger partial charge in [-0.3, -0.25) is 11.7 Å². The van der Waals surface area contributed by atoms with Crippen LogP contribution in [0.4, 0.5) is 0 Å². The van der Waals surface area contributed by atoms with Gasteiger partial charge in [-0.1, -0.05) is 18.2 Å². The predicted molar refractivity (Wildman–Crippen MR) is 49.0 cm³/mol. The molecule has 0 radical (unpaired) electrons. The Bertz CT molecular complexity index is 216. The van der Waals surface area contributed by atoms with Crippen molar-refractivity contribution in [3.8, 4) is 0 Å². The maximum atomic E-state index is 10.2. The van der Waals surface area contributed by atoms with Crippen LogP contribution in [0.2, 0.25) is 0 Å². The SMILES string of the molecule is Cl.NN.O=C(O)c1ccccc1. The molecule has 0 bridgehead atoms. The first-order valence-electron chi connectivity index (χ1n) is 2.92. The highest BCUT2D eigenvalue weighted by Gasteiger charge is 1.96. The van der Waals surface area contributed by atoms with Gasteiger partial charge in [-0.15, -0.1) is 12.4 Å². The average Bonchev–Trinajstić information content (AvgIpc) is 2.10. The van der Waals surface area contributed by atoms with Gasteiger partial charge < -0.3 is 5.11 Å². The van der Waals surface area contributed by atoms with E-state index < -0.39 is 5.97 Å². The molecule has 0 unspecified atom stereocenters. The number of aromatic carboxylic acids is 1. The van der Waals surface area contributed by atoms with Crippen LogP contribution in [0.5, 0.6) is 0 Å². The highest BCUT2D eigenvalue weighted by atomic mass is 35.5. The Balaban J connectivity index is 0. The van der Waals surface area contributed by atoms with Crippen LogP contribution in [0.15, 0.2) is 30.3 Å². The zero-order valence-electron chi connectivity index (χ0n) is 6.31. The van der Waals surface area contributed by atoms with Gasteiger partial charge in [0.1, 0.15) is 0 Å². The fraction of sp³-hybridized carbons (Fsp3) is 0. The summed E-state index contributed by atoms with van der Waals surface area (Å²) in [6.45, 7) is 0. The van der Waals surface area contributed by atoms with Crippen LogP contribution in [0.3, 0.4) is 0 Å². The number of carbonyl (C=O) groups is 1. The average molecular weight is 191 g/mol. The molecule has 0 atom stereocenters. The van der Waals surface area contributed by atoms with Crippen LogP contribution >= 0.6 is 12.4 Å². The van der Waals surface area contributed by atoms with Crippen molar-refractivity contribution in [3.63, 3.8) is 0 Å². The van der Waals surface area contributed by atoms with Gasteiger partial charge in [0.25, 0.3) is 0 Å². The van der Waals surface area contributed by atoms with Gasteiger partial charge in [0.05, 0.1) is 5.56 Å². The molecule has 0 amide bonds. The highest BCUT2D eigenvalue weighted by molar-refractivity contribution is 5.87. The Morgan fingerprint density at radius 1 is 1.17 bits per heavy atom. The summed E-state index contributed by atoms with van der Waals surface area (Å²) in [5.41, 5.74) is 0.331. The van der Waals surface area contributed by atoms with Gasteiger partial charge in [-0.2, -0.15) is 0 Å². The molecule has 0 saturated heterocycles. The Hall–Kier alpha value is -1.10. The zero-order chi connectivity index (χ0) is 8.69. The van der Waals surface area contributed by atoms with E-state index in [-0.39, 0.29) is 12.4 Å². The summed E-state index contributed by atoms with van der Waals surface area (Å²) in [5, 5.41) is 8.38. The second kappa shape index (κ2) is 8.00. The number of nitrogens with two attached hydrogens (primary N) is 2. The molecule has 0 heterocycles. The largest absolute Gasteiger partial charge is 0.478 e. The normalized spacial score (nSPS) is 7.17. The zero-order valence-corrected chi connectivity index (χ0v) is 7.12. The van der Waals surface area contributed by atoms with Crippen LogP contribution in [0.25, 0.3) is 0 Å². The summed E-state index contributed by atoms with van der Waals surface area (Å²) in [6, 6.07) is 8.30. The second-order valence-electron chi connectivity index (χ2n) is 1.67. The van der Waals surface area contributed by atoms with E-state index in [2.05, 4.69) is 11.7 Å². The van der Waals surface area contributed by atoms with E-state index in [1.54, 1.807) is 30.3 Å². The molecule has 0 saturated carbocycles. The van der Waals surface area contributed by atoms with Gasteiger partial charge in [0.15, 0.2) is 0 Å². The number of hydrazine groups is 1. The lowest BCUT2D eigenvalue weighted by molar-refractivity contribution is 0.0697. The van der Waals surface area contributed by atoms with E-state index in [0.29, 0.717) is 5.56 Å². The van der Waals surface area contributed by atoms with Gasteiger partial charge >= 0.3 is 5.97 Å². The molecular formula is C7H11ClN2O2. The maximum absolute atomic E-state index is 10.2. The van der Waals surface area contributed by atoms with E-state index in [1.807, 2.05) is 0 Å². The standard InChI is InChI=1S/C7H6O2.ClH.H4N2/c8-7(9)6-4-2-1-3-5-6;;1-2/h1-5H,(H,8,9);1H;1-2H2. The first-order valence-corrected chi connectivity index (χ1v) is 2.92. The number of benzene rings is 1. The molecule has 0 spiro atoms. The molecule has 0 aromatic heterocycles. The minimum atomic E-state index is -0.879. The molecule has 12 heavy (non-hydrogen) atoms. The van der Waals surface area contributed by atoms with E-state index in [0.717, 1.165) is 0 Å². The van der Waals surface area contributed by atoms with Gasteiger partial charge in [-0.05, 0) is 12.1 Å². The molecule has 1 aromatic carbocycles. The van der Waals surface area contributed by atoms with Gasteiger partial charge in [0, 0.05) is 0 Å². The second-order valence-corrected chi connectivity index (χ2v) is 1.67. The summed E-state index contributed by atoms with van der Waals surface area (Å²) in [7, 11) is 0. The molecule has 0 aliphatic heterocycles. The van der Waals surface area contributed by atoms with Crippen molar-refractivity contribution < 1.29 is 9.90 Å². The number of carboxylic acids is 1. The van der Waals surface area contributed by atoms with E-state index in [1.165, 1.54) is 0 Å². The topological polar surface area (TPSA) is 89.3 Å². The van der Waals surface area contributed by atoms with E-state index in [4.69, 9.17) is 5.11 Å². The highest BCUT2D eigenvalue weighted by Crippen LogP contribution is 1.96. The Kier molecular flexibility index (Phi) is 8.99. The van der Waals surface area contributed by atoms with Crippen molar-refractivity contribution >= 4 is 18.4 Å². The Labute approximate surface area is 76.6 Å². The molecule has 5 N–H and O–H groups in total. The van der Waals surface area contributed by atoms with E-state index in [9.17, 15) is 4.79 Å². The van der Waals surface area contributed by atoms with Crippen LogP contribution in [0.1, 0.15) is 10.4 Å². The van der Waals surface area contributed by atoms with Crippen molar-refractivity contribution in [1.82, 2.24) is 0 Å². The lowest BCUT2D eigenvalue weighted by Crippen LogP contribution is -2.02. The molecular weight excluding hydrogens is 180 g/mol. The van der Waals surface area contributed by atoms with Crippen LogP contribution in [-0.4, -0.2) is 11.1 Å². The maximum Gasteiger partial charge on any atom is 0.335 e. The molecule has 5 heteroatoms. The molecule has 1 rings (SSSR count). The number of carboxylic acid groups (broad SMARTS) is 1. The minimum Gasteiger partial charge on any atom is -0.478 e. The van der Waals surface area contributed by atoms with Gasteiger partial charge in [0.2, 0.25) is 0 Å². The van der Waals surface area contributed by atoms with Crippen molar-refractivity contribution in [2.24, 2.45) is 11.7 Å². The lowest BCUT2D eigenvalue weighted by atomic mass is 10.2. The smallest absolute Gasteiger partial charge is 0.335 e. The first-order chi connectivity index (χ1) is 5.30. The van der Waals surface area contributed by atoms with Crippen molar-refractivity contribution in [2.75, 3.05) is 0 Å². The molecule has 0 fully saturated rings. The number of hydrogen-bond acceptors (Lipinski definition) is 3.